The van der Waals surface area contributed by atoms with E-state index >= 15 is 0 Å². The molecule has 1 unspecified atom stereocenters. The second kappa shape index (κ2) is 5.35. The Labute approximate surface area is 123 Å². The van der Waals surface area contributed by atoms with E-state index in [1.54, 1.807) is 0 Å². The summed E-state index contributed by atoms with van der Waals surface area (Å²) < 4.78 is 40.6. The normalized spacial score (nSPS) is 12.8. The summed E-state index contributed by atoms with van der Waals surface area (Å²) in [6, 6.07) is 4.01. The van der Waals surface area contributed by atoms with Crippen LogP contribution in [0, 0.1) is 24.4 Å². The van der Waals surface area contributed by atoms with Crippen molar-refractivity contribution in [1.29, 1.82) is 0 Å². The molecule has 2 aromatic rings. The van der Waals surface area contributed by atoms with Gasteiger partial charge >= 0.3 is 0 Å². The number of benzene rings is 1. The molecule has 0 fully saturated rings. The number of thiophene rings is 1. The van der Waals surface area contributed by atoms with Crippen molar-refractivity contribution in [3.8, 4) is 0 Å². The minimum atomic E-state index is -1.44. The number of rotatable bonds is 2. The van der Waals surface area contributed by atoms with Gasteiger partial charge in [0.2, 0.25) is 0 Å². The summed E-state index contributed by atoms with van der Waals surface area (Å²) in [6.07, 6.45) is 0. The van der Waals surface area contributed by atoms with Gasteiger partial charge in [0.25, 0.3) is 0 Å². The summed E-state index contributed by atoms with van der Waals surface area (Å²) in [5.41, 5.74) is 0.0858. The van der Waals surface area contributed by atoms with Crippen molar-refractivity contribution in [2.75, 3.05) is 0 Å². The lowest BCUT2D eigenvalue weighted by atomic mass is 10.1. The van der Waals surface area contributed by atoms with Crippen LogP contribution in [0.15, 0.2) is 22.7 Å². The molecule has 0 bridgehead atoms. The first-order valence-corrected chi connectivity index (χ1v) is 7.47. The van der Waals surface area contributed by atoms with Crippen LogP contribution < -0.4 is 0 Å². The van der Waals surface area contributed by atoms with Gasteiger partial charge in [-0.1, -0.05) is 22.0 Å². The van der Waals surface area contributed by atoms with Gasteiger partial charge in [0, 0.05) is 19.8 Å². The van der Waals surface area contributed by atoms with Crippen molar-refractivity contribution in [1.82, 2.24) is 0 Å². The number of halogens is 5. The Morgan fingerprint density at radius 3 is 2.39 bits per heavy atom. The highest BCUT2D eigenvalue weighted by Gasteiger charge is 2.22. The van der Waals surface area contributed by atoms with Crippen molar-refractivity contribution in [3.63, 3.8) is 0 Å². The number of hydrogen-bond donors (Lipinski definition) is 0. The smallest absolute Gasteiger partial charge is 0.194 e. The third-order valence-electron chi connectivity index (χ3n) is 2.46. The molecule has 2 rings (SSSR count). The number of hydrogen-bond acceptors (Lipinski definition) is 1. The molecule has 0 aliphatic carbocycles. The maximum Gasteiger partial charge on any atom is 0.194 e. The van der Waals surface area contributed by atoms with E-state index in [1.165, 1.54) is 17.4 Å². The molecule has 0 saturated carbocycles. The van der Waals surface area contributed by atoms with E-state index < -0.39 is 22.3 Å². The Hall–Kier alpha value is -0.330. The third-order valence-corrected chi connectivity index (χ3v) is 5.96. The van der Waals surface area contributed by atoms with Gasteiger partial charge in [-0.05, 0) is 35.0 Å². The first-order valence-electron chi connectivity index (χ1n) is 4.95. The fourth-order valence-electron chi connectivity index (χ4n) is 1.50. The molecular weight excluding hydrogens is 393 g/mol. The van der Waals surface area contributed by atoms with E-state index in [1.807, 2.05) is 13.0 Å². The summed E-state index contributed by atoms with van der Waals surface area (Å²) in [6.45, 7) is 1.92. The van der Waals surface area contributed by atoms with Gasteiger partial charge in [0.15, 0.2) is 17.5 Å². The Kier molecular flexibility index (Phi) is 4.18. The van der Waals surface area contributed by atoms with Crippen LogP contribution in [0.4, 0.5) is 13.2 Å². The van der Waals surface area contributed by atoms with Gasteiger partial charge in [-0.2, -0.15) is 0 Å². The molecule has 0 radical (unpaired) electrons. The first kappa shape index (κ1) is 14.1. The predicted octanol–water partition coefficient (Wildman–Crippen LogP) is 5.72. The zero-order valence-corrected chi connectivity index (χ0v) is 13.1. The van der Waals surface area contributed by atoms with Gasteiger partial charge in [-0.15, -0.1) is 11.3 Å². The lowest BCUT2D eigenvalue weighted by Gasteiger charge is -2.10. The zero-order valence-electron chi connectivity index (χ0n) is 9.11. The van der Waals surface area contributed by atoms with Crippen molar-refractivity contribution in [2.45, 2.75) is 11.8 Å². The van der Waals surface area contributed by atoms with Crippen molar-refractivity contribution >= 4 is 43.2 Å². The summed E-state index contributed by atoms with van der Waals surface area (Å²) in [4.78, 5) is 1.37. The number of aryl methyl sites for hydroxylation is 1. The van der Waals surface area contributed by atoms with Gasteiger partial charge in [0.05, 0.1) is 4.83 Å². The Balaban J connectivity index is 2.46. The Morgan fingerprint density at radius 2 is 1.83 bits per heavy atom. The van der Waals surface area contributed by atoms with Crippen molar-refractivity contribution < 1.29 is 13.2 Å². The minimum Gasteiger partial charge on any atom is -0.204 e. The molecular formula is C12H7Br2F3S. The number of alkyl halides is 1. The van der Waals surface area contributed by atoms with E-state index in [9.17, 15) is 13.2 Å². The fourth-order valence-corrected chi connectivity index (χ4v) is 3.82. The van der Waals surface area contributed by atoms with E-state index in [0.29, 0.717) is 0 Å². The zero-order chi connectivity index (χ0) is 13.4. The largest absolute Gasteiger partial charge is 0.204 e. The van der Waals surface area contributed by atoms with Crippen LogP contribution in [-0.2, 0) is 0 Å². The van der Waals surface area contributed by atoms with Crippen LogP contribution in [0.2, 0.25) is 0 Å². The maximum atomic E-state index is 13.7. The Bertz CT molecular complexity index is 576. The highest BCUT2D eigenvalue weighted by Crippen LogP contribution is 2.40. The second-order valence-electron chi connectivity index (χ2n) is 3.68. The lowest BCUT2D eigenvalue weighted by Crippen LogP contribution is -2.00. The van der Waals surface area contributed by atoms with Crippen LogP contribution in [0.1, 0.15) is 20.1 Å². The van der Waals surface area contributed by atoms with E-state index in [0.717, 1.165) is 20.3 Å². The summed E-state index contributed by atoms with van der Waals surface area (Å²) in [5.74, 6) is -3.78. The molecule has 0 N–H and O–H groups in total. The van der Waals surface area contributed by atoms with Crippen molar-refractivity contribution in [3.05, 3.63) is 55.4 Å². The minimum absolute atomic E-state index is 0.0858. The standard InChI is InChI=1S/C12H7Br2F3S/c1-5-7(13)4-9(18-5)10(14)6-2-3-8(15)12(17)11(6)16/h2-4,10H,1H3. The maximum absolute atomic E-state index is 13.7. The molecule has 0 aliphatic rings. The molecule has 0 saturated heterocycles. The average Bonchev–Trinajstić information content (AvgIpc) is 2.66. The quantitative estimate of drug-likeness (QED) is 0.447. The van der Waals surface area contributed by atoms with Crippen LogP contribution >= 0.6 is 43.2 Å². The molecule has 18 heavy (non-hydrogen) atoms. The summed E-state index contributed by atoms with van der Waals surface area (Å²) >= 11 is 8.13. The summed E-state index contributed by atoms with van der Waals surface area (Å²) in [5, 5.41) is 0. The van der Waals surface area contributed by atoms with Gasteiger partial charge in [0.1, 0.15) is 0 Å². The topological polar surface area (TPSA) is 0 Å². The Morgan fingerprint density at radius 1 is 1.17 bits per heavy atom. The first-order chi connectivity index (χ1) is 8.41. The lowest BCUT2D eigenvalue weighted by molar-refractivity contribution is 0.442. The van der Waals surface area contributed by atoms with Gasteiger partial charge in [-0.25, -0.2) is 13.2 Å². The van der Waals surface area contributed by atoms with E-state index in [-0.39, 0.29) is 5.56 Å². The van der Waals surface area contributed by atoms with E-state index in [4.69, 9.17) is 0 Å². The molecule has 1 aromatic carbocycles. The highest BCUT2D eigenvalue weighted by molar-refractivity contribution is 9.10. The predicted molar refractivity (Wildman–Crippen MR) is 73.8 cm³/mol. The molecule has 0 nitrogen and oxygen atoms in total. The molecule has 96 valence electrons. The SMILES string of the molecule is Cc1sc(C(Br)c2ccc(F)c(F)c2F)cc1Br. The fraction of sp³-hybridized carbons (Fsp3) is 0.167. The molecule has 1 atom stereocenters. The van der Waals surface area contributed by atoms with Crippen LogP contribution in [0.3, 0.4) is 0 Å². The van der Waals surface area contributed by atoms with Crippen LogP contribution in [-0.4, -0.2) is 0 Å². The van der Waals surface area contributed by atoms with E-state index in [2.05, 4.69) is 31.9 Å². The van der Waals surface area contributed by atoms with Crippen molar-refractivity contribution in [2.24, 2.45) is 0 Å². The third kappa shape index (κ3) is 2.51. The molecule has 0 spiro atoms. The second-order valence-corrected chi connectivity index (χ2v) is 6.74. The monoisotopic (exact) mass is 398 g/mol. The molecule has 0 aliphatic heterocycles. The van der Waals surface area contributed by atoms with Crippen LogP contribution in [0.5, 0.6) is 0 Å². The summed E-state index contributed by atoms with van der Waals surface area (Å²) in [7, 11) is 0. The molecule has 1 heterocycles. The van der Waals surface area contributed by atoms with Gasteiger partial charge < -0.3 is 0 Å². The molecule has 1 aromatic heterocycles. The average molecular weight is 400 g/mol. The van der Waals surface area contributed by atoms with Crippen LogP contribution in [0.25, 0.3) is 0 Å². The molecule has 0 amide bonds. The highest BCUT2D eigenvalue weighted by atomic mass is 79.9. The van der Waals surface area contributed by atoms with Gasteiger partial charge in [-0.3, -0.25) is 0 Å². The molecule has 6 heteroatoms.